The number of hydrogen-bond donors (Lipinski definition) is 0. The highest BCUT2D eigenvalue weighted by atomic mass is 79.9. The first-order valence-corrected chi connectivity index (χ1v) is 9.47. The maximum Gasteiger partial charge on any atom is 0.289 e. The summed E-state index contributed by atoms with van der Waals surface area (Å²) in [5.41, 5.74) is 0. The van der Waals surface area contributed by atoms with Crippen LogP contribution in [0.25, 0.3) is 0 Å². The van der Waals surface area contributed by atoms with Crippen LogP contribution in [-0.4, -0.2) is 41.8 Å². The van der Waals surface area contributed by atoms with Gasteiger partial charge in [-0.2, -0.15) is 0 Å². The second-order valence-corrected chi connectivity index (χ2v) is 8.49. The van der Waals surface area contributed by atoms with Crippen molar-refractivity contribution in [3.63, 3.8) is 0 Å². The van der Waals surface area contributed by atoms with Gasteiger partial charge in [0.25, 0.3) is 5.91 Å². The second kappa shape index (κ2) is 7.53. The van der Waals surface area contributed by atoms with E-state index < -0.39 is 0 Å². The molecule has 1 saturated heterocycles. The van der Waals surface area contributed by atoms with Crippen molar-refractivity contribution in [1.82, 2.24) is 9.80 Å². The Morgan fingerprint density at radius 1 is 1.33 bits per heavy atom. The Labute approximate surface area is 153 Å². The minimum Gasteiger partial charge on any atom is -0.459 e. The molecule has 3 heterocycles. The van der Waals surface area contributed by atoms with E-state index in [1.807, 2.05) is 19.2 Å². The first kappa shape index (κ1) is 17.2. The van der Waals surface area contributed by atoms with Gasteiger partial charge in [-0.15, -0.1) is 11.3 Å². The molecule has 2 amide bonds. The standard InChI is InChI=1S/C17H19BrN2O3S/c1-19(11-13-4-5-15(18)24-13)16(21)12-6-8-20(9-7-12)17(22)14-3-2-10-23-14/h2-5,10,12H,6-9,11H2,1H3. The maximum absolute atomic E-state index is 12.6. The van der Waals surface area contributed by atoms with E-state index in [9.17, 15) is 9.59 Å². The summed E-state index contributed by atoms with van der Waals surface area (Å²) in [7, 11) is 1.84. The number of rotatable bonds is 4. The number of carbonyl (C=O) groups is 2. The third-order valence-corrected chi connectivity index (χ3v) is 5.87. The molecule has 0 aromatic carbocycles. The fraction of sp³-hybridized carbons (Fsp3) is 0.412. The lowest BCUT2D eigenvalue weighted by Gasteiger charge is -2.32. The zero-order valence-electron chi connectivity index (χ0n) is 13.4. The van der Waals surface area contributed by atoms with E-state index in [1.54, 1.807) is 33.3 Å². The SMILES string of the molecule is CN(Cc1ccc(Br)s1)C(=O)C1CCN(C(=O)c2ccco2)CC1. The van der Waals surface area contributed by atoms with Crippen LogP contribution >= 0.6 is 27.3 Å². The average Bonchev–Trinajstić information content (AvgIpc) is 3.25. The Morgan fingerprint density at radius 2 is 2.08 bits per heavy atom. The predicted octanol–water partition coefficient (Wildman–Crippen LogP) is 3.61. The number of amides is 2. The van der Waals surface area contributed by atoms with Crippen molar-refractivity contribution in [2.75, 3.05) is 20.1 Å². The Kier molecular flexibility index (Phi) is 5.40. The molecule has 1 aliphatic rings. The molecule has 0 atom stereocenters. The molecule has 0 spiro atoms. The number of likely N-dealkylation sites (tertiary alicyclic amines) is 1. The summed E-state index contributed by atoms with van der Waals surface area (Å²) in [5, 5.41) is 0. The van der Waals surface area contributed by atoms with Crippen molar-refractivity contribution in [3.8, 4) is 0 Å². The summed E-state index contributed by atoms with van der Waals surface area (Å²) < 4.78 is 6.23. The summed E-state index contributed by atoms with van der Waals surface area (Å²) in [4.78, 5) is 29.6. The predicted molar refractivity (Wildman–Crippen MR) is 95.8 cm³/mol. The number of furan rings is 1. The number of hydrogen-bond acceptors (Lipinski definition) is 4. The lowest BCUT2D eigenvalue weighted by Crippen LogP contribution is -2.43. The molecule has 128 valence electrons. The van der Waals surface area contributed by atoms with Gasteiger partial charge in [0.1, 0.15) is 0 Å². The van der Waals surface area contributed by atoms with Gasteiger partial charge >= 0.3 is 0 Å². The van der Waals surface area contributed by atoms with E-state index >= 15 is 0 Å². The first-order valence-electron chi connectivity index (χ1n) is 7.86. The molecule has 0 saturated carbocycles. The Hall–Kier alpha value is -1.60. The highest BCUT2D eigenvalue weighted by molar-refractivity contribution is 9.11. The van der Waals surface area contributed by atoms with Crippen molar-refractivity contribution < 1.29 is 14.0 Å². The van der Waals surface area contributed by atoms with Gasteiger partial charge in [-0.1, -0.05) is 0 Å². The zero-order chi connectivity index (χ0) is 17.1. The Balaban J connectivity index is 1.52. The molecule has 7 heteroatoms. The highest BCUT2D eigenvalue weighted by Gasteiger charge is 2.30. The van der Waals surface area contributed by atoms with Crippen LogP contribution < -0.4 is 0 Å². The maximum atomic E-state index is 12.6. The number of carbonyl (C=O) groups excluding carboxylic acids is 2. The summed E-state index contributed by atoms with van der Waals surface area (Å²) in [6.07, 6.45) is 2.90. The number of thiophene rings is 1. The minimum atomic E-state index is -0.0947. The molecule has 2 aromatic heterocycles. The number of halogens is 1. The molecule has 2 aromatic rings. The molecular formula is C17H19BrN2O3S. The third-order valence-electron chi connectivity index (χ3n) is 4.26. The molecule has 0 unspecified atom stereocenters. The van der Waals surface area contributed by atoms with E-state index in [0.717, 1.165) is 8.66 Å². The van der Waals surface area contributed by atoms with E-state index in [0.29, 0.717) is 38.2 Å². The fourth-order valence-electron chi connectivity index (χ4n) is 2.95. The van der Waals surface area contributed by atoms with Crippen molar-refractivity contribution >= 4 is 39.1 Å². The van der Waals surface area contributed by atoms with E-state index in [-0.39, 0.29) is 17.7 Å². The van der Waals surface area contributed by atoms with Crippen LogP contribution in [0.15, 0.2) is 38.7 Å². The van der Waals surface area contributed by atoms with E-state index in [1.165, 1.54) is 6.26 Å². The van der Waals surface area contributed by atoms with Crippen LogP contribution in [0.2, 0.25) is 0 Å². The summed E-state index contributed by atoms with van der Waals surface area (Å²) in [6, 6.07) is 7.41. The van der Waals surface area contributed by atoms with Crippen LogP contribution in [-0.2, 0) is 11.3 Å². The Morgan fingerprint density at radius 3 is 2.67 bits per heavy atom. The quantitative estimate of drug-likeness (QED) is 0.773. The largest absolute Gasteiger partial charge is 0.459 e. The van der Waals surface area contributed by atoms with Gasteiger partial charge in [0.05, 0.1) is 16.6 Å². The highest BCUT2D eigenvalue weighted by Crippen LogP contribution is 2.25. The van der Waals surface area contributed by atoms with Crippen LogP contribution in [0.5, 0.6) is 0 Å². The first-order chi connectivity index (χ1) is 11.5. The Bertz CT molecular complexity index is 705. The van der Waals surface area contributed by atoms with Crippen LogP contribution in [0.3, 0.4) is 0 Å². The van der Waals surface area contributed by atoms with Crippen LogP contribution in [0, 0.1) is 5.92 Å². The van der Waals surface area contributed by atoms with Crippen LogP contribution in [0.4, 0.5) is 0 Å². The monoisotopic (exact) mass is 410 g/mol. The molecule has 3 rings (SSSR count). The van der Waals surface area contributed by atoms with Gasteiger partial charge < -0.3 is 14.2 Å². The van der Waals surface area contributed by atoms with Gasteiger partial charge in [0.15, 0.2) is 5.76 Å². The second-order valence-electron chi connectivity index (χ2n) is 5.94. The average molecular weight is 411 g/mol. The topological polar surface area (TPSA) is 53.8 Å². The third kappa shape index (κ3) is 3.89. The zero-order valence-corrected chi connectivity index (χ0v) is 15.8. The molecule has 1 fully saturated rings. The molecule has 0 bridgehead atoms. The normalized spacial score (nSPS) is 15.5. The van der Waals surface area contributed by atoms with Gasteiger partial charge in [0, 0.05) is 30.9 Å². The molecule has 0 N–H and O–H groups in total. The molecule has 0 aliphatic carbocycles. The molecule has 1 aliphatic heterocycles. The van der Waals surface area contributed by atoms with Gasteiger partial charge in [-0.05, 0) is 53.0 Å². The summed E-state index contributed by atoms with van der Waals surface area (Å²) in [6.45, 7) is 1.81. The summed E-state index contributed by atoms with van der Waals surface area (Å²) >= 11 is 5.08. The van der Waals surface area contributed by atoms with Crippen molar-refractivity contribution in [2.45, 2.75) is 19.4 Å². The lowest BCUT2D eigenvalue weighted by molar-refractivity contribution is -0.136. The lowest BCUT2D eigenvalue weighted by atomic mass is 9.95. The van der Waals surface area contributed by atoms with Crippen molar-refractivity contribution in [2.24, 2.45) is 5.92 Å². The summed E-state index contributed by atoms with van der Waals surface area (Å²) in [5.74, 6) is 0.409. The smallest absolute Gasteiger partial charge is 0.289 e. The van der Waals surface area contributed by atoms with E-state index in [2.05, 4.69) is 15.9 Å². The molecular weight excluding hydrogens is 392 g/mol. The van der Waals surface area contributed by atoms with Crippen molar-refractivity contribution in [1.29, 1.82) is 0 Å². The fourth-order valence-corrected chi connectivity index (χ4v) is 4.48. The van der Waals surface area contributed by atoms with E-state index in [4.69, 9.17) is 4.42 Å². The van der Waals surface area contributed by atoms with Gasteiger partial charge in [-0.3, -0.25) is 9.59 Å². The molecule has 24 heavy (non-hydrogen) atoms. The molecule has 0 radical (unpaired) electrons. The van der Waals surface area contributed by atoms with Crippen LogP contribution in [0.1, 0.15) is 28.3 Å². The van der Waals surface area contributed by atoms with Gasteiger partial charge in [-0.25, -0.2) is 0 Å². The minimum absolute atomic E-state index is 0.0148. The number of nitrogens with zero attached hydrogens (tertiary/aromatic N) is 2. The van der Waals surface area contributed by atoms with Crippen molar-refractivity contribution in [3.05, 3.63) is 45.0 Å². The molecule has 5 nitrogen and oxygen atoms in total. The number of piperidine rings is 1. The van der Waals surface area contributed by atoms with Gasteiger partial charge in [0.2, 0.25) is 5.91 Å².